The Morgan fingerprint density at radius 3 is 1.64 bits per heavy atom. The standard InChI is InChI=1S/C57H37NO/c1-2-19-42(20-3-1)57(51-27-14-25-49-48-24-9-11-30-55(48)59-56(49)51)50-26-10-8-23-46(50)47-36-33-41(37-52(47)57)38-31-34-43(35-32-38)58(53-28-12-17-39-15-4-6-21-44(39)53)54-29-13-18-40-16-5-7-22-45(40)54/h1-37H. The number of hydrogen-bond acceptors (Lipinski definition) is 2. The molecule has 1 unspecified atom stereocenters. The Morgan fingerprint density at radius 2 is 0.898 bits per heavy atom. The quantitative estimate of drug-likeness (QED) is 0.168. The van der Waals surface area contributed by atoms with E-state index in [1.807, 2.05) is 0 Å². The first kappa shape index (κ1) is 33.5. The van der Waals surface area contributed by atoms with Crippen LogP contribution in [-0.2, 0) is 5.41 Å². The topological polar surface area (TPSA) is 16.4 Å². The van der Waals surface area contributed by atoms with Gasteiger partial charge in [0.05, 0.1) is 16.8 Å². The Morgan fingerprint density at radius 1 is 0.356 bits per heavy atom. The third-order valence-electron chi connectivity index (χ3n) is 12.5. The lowest BCUT2D eigenvalue weighted by atomic mass is 9.67. The van der Waals surface area contributed by atoms with Gasteiger partial charge in [-0.2, -0.15) is 0 Å². The minimum absolute atomic E-state index is 0.615. The fraction of sp³-hybridized carbons (Fsp3) is 0.0175. The van der Waals surface area contributed by atoms with Crippen LogP contribution in [0.3, 0.4) is 0 Å². The van der Waals surface area contributed by atoms with Gasteiger partial charge in [-0.15, -0.1) is 0 Å². The van der Waals surface area contributed by atoms with E-state index in [9.17, 15) is 0 Å². The van der Waals surface area contributed by atoms with Crippen molar-refractivity contribution < 1.29 is 4.42 Å². The predicted molar refractivity (Wildman–Crippen MR) is 246 cm³/mol. The van der Waals surface area contributed by atoms with Gasteiger partial charge in [-0.1, -0.05) is 188 Å². The van der Waals surface area contributed by atoms with E-state index in [0.717, 1.165) is 50.1 Å². The number of furan rings is 1. The fourth-order valence-corrected chi connectivity index (χ4v) is 9.96. The van der Waals surface area contributed by atoms with Crippen LogP contribution in [0.2, 0.25) is 0 Å². The van der Waals surface area contributed by atoms with Gasteiger partial charge < -0.3 is 9.32 Å². The lowest BCUT2D eigenvalue weighted by Crippen LogP contribution is -2.28. The van der Waals surface area contributed by atoms with Crippen molar-refractivity contribution in [3.05, 3.63) is 247 Å². The van der Waals surface area contributed by atoms with E-state index in [0.29, 0.717) is 0 Å². The van der Waals surface area contributed by atoms with Gasteiger partial charge in [0.2, 0.25) is 0 Å². The summed E-state index contributed by atoms with van der Waals surface area (Å²) in [5.41, 5.74) is 14.3. The molecule has 0 saturated heterocycles. The molecule has 59 heavy (non-hydrogen) atoms. The highest BCUT2D eigenvalue weighted by Gasteiger charge is 2.47. The van der Waals surface area contributed by atoms with Gasteiger partial charge in [-0.25, -0.2) is 0 Å². The molecule has 0 bridgehead atoms. The molecule has 1 aliphatic carbocycles. The van der Waals surface area contributed by atoms with E-state index in [1.165, 1.54) is 54.9 Å². The first-order valence-electron chi connectivity index (χ1n) is 20.3. The molecule has 0 spiro atoms. The Balaban J connectivity index is 1.06. The second kappa shape index (κ2) is 13.2. The summed E-state index contributed by atoms with van der Waals surface area (Å²) in [6.07, 6.45) is 0. The van der Waals surface area contributed by atoms with Crippen molar-refractivity contribution in [2.45, 2.75) is 5.41 Å². The highest BCUT2D eigenvalue weighted by Crippen LogP contribution is 2.58. The Bertz CT molecular complexity index is 3310. The molecule has 0 N–H and O–H groups in total. The molecule has 0 radical (unpaired) electrons. The molecule has 0 saturated carbocycles. The maximum Gasteiger partial charge on any atom is 0.140 e. The second-order valence-electron chi connectivity index (χ2n) is 15.6. The maximum absolute atomic E-state index is 6.84. The zero-order valence-electron chi connectivity index (χ0n) is 32.2. The van der Waals surface area contributed by atoms with Crippen LogP contribution in [0.4, 0.5) is 17.1 Å². The lowest BCUT2D eigenvalue weighted by molar-refractivity contribution is 0.648. The molecule has 276 valence electrons. The van der Waals surface area contributed by atoms with E-state index < -0.39 is 5.41 Å². The van der Waals surface area contributed by atoms with Crippen molar-refractivity contribution in [3.63, 3.8) is 0 Å². The van der Waals surface area contributed by atoms with Gasteiger partial charge in [-0.3, -0.25) is 0 Å². The van der Waals surface area contributed by atoms with E-state index in [2.05, 4.69) is 229 Å². The highest BCUT2D eigenvalue weighted by atomic mass is 16.3. The summed E-state index contributed by atoms with van der Waals surface area (Å²) in [7, 11) is 0. The molecule has 1 aliphatic rings. The number of hydrogen-bond donors (Lipinski definition) is 0. The molecule has 12 rings (SSSR count). The smallest absolute Gasteiger partial charge is 0.140 e. The van der Waals surface area contributed by atoms with E-state index in [-0.39, 0.29) is 0 Å². The summed E-state index contributed by atoms with van der Waals surface area (Å²) < 4.78 is 6.84. The first-order chi connectivity index (χ1) is 29.3. The molecule has 10 aromatic carbocycles. The van der Waals surface area contributed by atoms with Crippen LogP contribution in [0.1, 0.15) is 22.3 Å². The number of benzene rings is 10. The van der Waals surface area contributed by atoms with Gasteiger partial charge in [0, 0.05) is 32.8 Å². The van der Waals surface area contributed by atoms with Crippen molar-refractivity contribution in [2.24, 2.45) is 0 Å². The van der Waals surface area contributed by atoms with Crippen molar-refractivity contribution >= 4 is 60.5 Å². The molecular formula is C57H37NO. The van der Waals surface area contributed by atoms with Crippen LogP contribution < -0.4 is 4.90 Å². The summed E-state index contributed by atoms with van der Waals surface area (Å²) >= 11 is 0. The van der Waals surface area contributed by atoms with Crippen molar-refractivity contribution in [1.29, 1.82) is 0 Å². The average molecular weight is 752 g/mol. The molecule has 0 amide bonds. The van der Waals surface area contributed by atoms with E-state index >= 15 is 0 Å². The lowest BCUT2D eigenvalue weighted by Gasteiger charge is -2.34. The van der Waals surface area contributed by atoms with Crippen LogP contribution in [0.15, 0.2) is 229 Å². The fourth-order valence-electron chi connectivity index (χ4n) is 9.96. The zero-order chi connectivity index (χ0) is 38.9. The molecule has 1 heterocycles. The normalized spacial score (nSPS) is 14.5. The Kier molecular flexibility index (Phi) is 7.48. The molecule has 0 fully saturated rings. The molecule has 1 atom stereocenters. The average Bonchev–Trinajstić information content (AvgIpc) is 3.84. The van der Waals surface area contributed by atoms with Gasteiger partial charge in [0.1, 0.15) is 11.2 Å². The van der Waals surface area contributed by atoms with Crippen LogP contribution in [0.25, 0.3) is 65.7 Å². The largest absolute Gasteiger partial charge is 0.456 e. The summed E-state index contributed by atoms with van der Waals surface area (Å²) in [5.74, 6) is 0. The van der Waals surface area contributed by atoms with Crippen molar-refractivity contribution in [2.75, 3.05) is 4.90 Å². The predicted octanol–water partition coefficient (Wildman–Crippen LogP) is 15.4. The van der Waals surface area contributed by atoms with Gasteiger partial charge in [0.15, 0.2) is 0 Å². The summed E-state index contributed by atoms with van der Waals surface area (Å²) in [4.78, 5) is 2.42. The molecule has 1 aromatic heterocycles. The SMILES string of the molecule is c1ccc(C2(c3cccc4c3oc3ccccc34)c3ccccc3-c3ccc(-c4ccc(N(c5cccc6ccccc56)c5cccc6ccccc56)cc4)cc32)cc1. The maximum atomic E-state index is 6.84. The Hall–Kier alpha value is -7.68. The summed E-state index contributed by atoms with van der Waals surface area (Å²) in [5, 5.41) is 7.11. The summed E-state index contributed by atoms with van der Waals surface area (Å²) in [6, 6.07) is 81.7. The zero-order valence-corrected chi connectivity index (χ0v) is 32.2. The minimum atomic E-state index is -0.615. The number of fused-ring (bicyclic) bond motifs is 8. The van der Waals surface area contributed by atoms with Crippen LogP contribution in [0, 0.1) is 0 Å². The van der Waals surface area contributed by atoms with Crippen LogP contribution in [0.5, 0.6) is 0 Å². The van der Waals surface area contributed by atoms with E-state index in [1.54, 1.807) is 0 Å². The van der Waals surface area contributed by atoms with Crippen molar-refractivity contribution in [1.82, 2.24) is 0 Å². The minimum Gasteiger partial charge on any atom is -0.456 e. The second-order valence-corrected chi connectivity index (χ2v) is 15.6. The molecular weight excluding hydrogens is 715 g/mol. The number of anilines is 3. The Labute approximate surface area is 342 Å². The van der Waals surface area contributed by atoms with Gasteiger partial charge in [0.25, 0.3) is 0 Å². The van der Waals surface area contributed by atoms with Gasteiger partial charge in [-0.05, 0) is 86.1 Å². The molecule has 2 heteroatoms. The first-order valence-corrected chi connectivity index (χ1v) is 20.3. The molecule has 0 aliphatic heterocycles. The number of nitrogens with zero attached hydrogens (tertiary/aromatic N) is 1. The van der Waals surface area contributed by atoms with Gasteiger partial charge >= 0.3 is 0 Å². The monoisotopic (exact) mass is 751 g/mol. The molecule has 2 nitrogen and oxygen atoms in total. The number of para-hydroxylation sites is 2. The van der Waals surface area contributed by atoms with E-state index in [4.69, 9.17) is 4.42 Å². The van der Waals surface area contributed by atoms with Crippen molar-refractivity contribution in [3.8, 4) is 22.3 Å². The molecule has 11 aromatic rings. The third-order valence-corrected chi connectivity index (χ3v) is 12.5. The third kappa shape index (κ3) is 5.00. The van der Waals surface area contributed by atoms with Crippen LogP contribution in [-0.4, -0.2) is 0 Å². The number of rotatable bonds is 6. The highest BCUT2D eigenvalue weighted by molar-refractivity contribution is 6.08. The summed E-state index contributed by atoms with van der Waals surface area (Å²) in [6.45, 7) is 0. The van der Waals surface area contributed by atoms with Crippen LogP contribution >= 0.6 is 0 Å².